The lowest BCUT2D eigenvalue weighted by atomic mass is 10.1. The van der Waals surface area contributed by atoms with Gasteiger partial charge < -0.3 is 4.52 Å². The molecule has 0 aliphatic rings. The lowest BCUT2D eigenvalue weighted by Gasteiger charge is -2.00. The lowest BCUT2D eigenvalue weighted by molar-refractivity contribution is 0.409. The third kappa shape index (κ3) is 2.64. The van der Waals surface area contributed by atoms with Gasteiger partial charge in [0.15, 0.2) is 12.2 Å². The van der Waals surface area contributed by atoms with Crippen LogP contribution in [0, 0.1) is 13.8 Å². The molecule has 6 heteroatoms. The highest BCUT2D eigenvalue weighted by Gasteiger charge is 2.04. The second-order valence-corrected chi connectivity index (χ2v) is 4.52. The number of aromatic nitrogens is 5. The molecular weight excluding hydrogens is 254 g/mol. The monoisotopic (exact) mass is 267 g/mol. The van der Waals surface area contributed by atoms with Crippen LogP contribution in [0.5, 0.6) is 0 Å². The van der Waals surface area contributed by atoms with Gasteiger partial charge >= 0.3 is 0 Å². The Labute approximate surface area is 115 Å². The average molecular weight is 267 g/mol. The molecule has 0 saturated carbocycles. The van der Waals surface area contributed by atoms with Crippen LogP contribution in [0.3, 0.4) is 0 Å². The Morgan fingerprint density at radius 2 is 1.90 bits per heavy atom. The lowest BCUT2D eigenvalue weighted by Crippen LogP contribution is -1.88. The van der Waals surface area contributed by atoms with E-state index in [-0.39, 0.29) is 0 Å². The summed E-state index contributed by atoms with van der Waals surface area (Å²) in [6.07, 6.45) is 6.38. The van der Waals surface area contributed by atoms with E-state index in [2.05, 4.69) is 52.3 Å². The first kappa shape index (κ1) is 12.3. The van der Waals surface area contributed by atoms with Crippen molar-refractivity contribution in [1.29, 1.82) is 0 Å². The Hall–Kier alpha value is -2.76. The molecule has 0 atom stereocenters. The van der Waals surface area contributed by atoms with Gasteiger partial charge in [-0.2, -0.15) is 4.98 Å². The molecule has 0 unspecified atom stereocenters. The molecule has 0 bridgehead atoms. The van der Waals surface area contributed by atoms with E-state index in [1.807, 2.05) is 0 Å². The second-order valence-electron chi connectivity index (χ2n) is 4.52. The first-order valence-electron chi connectivity index (χ1n) is 6.15. The highest BCUT2D eigenvalue weighted by molar-refractivity contribution is 5.58. The van der Waals surface area contributed by atoms with E-state index in [9.17, 15) is 0 Å². The van der Waals surface area contributed by atoms with Crippen molar-refractivity contribution in [3.63, 3.8) is 0 Å². The molecule has 6 nitrogen and oxygen atoms in total. The smallest absolute Gasteiger partial charge is 0.251 e. The van der Waals surface area contributed by atoms with Gasteiger partial charge in [-0.1, -0.05) is 22.3 Å². The van der Waals surface area contributed by atoms with Gasteiger partial charge in [0.05, 0.1) is 0 Å². The molecule has 0 fully saturated rings. The SMILES string of the molecule is Cc1cc(C)cc(-c2ncn(/C=C\c3ncno3)n2)c1. The van der Waals surface area contributed by atoms with Crippen molar-refractivity contribution in [2.75, 3.05) is 0 Å². The molecule has 0 aliphatic carbocycles. The molecule has 0 aliphatic heterocycles. The summed E-state index contributed by atoms with van der Waals surface area (Å²) < 4.78 is 6.48. The van der Waals surface area contributed by atoms with Crippen LogP contribution < -0.4 is 0 Å². The third-order valence-electron chi connectivity index (χ3n) is 2.74. The summed E-state index contributed by atoms with van der Waals surface area (Å²) in [5.41, 5.74) is 3.39. The molecule has 0 radical (unpaired) electrons. The molecular formula is C14H13N5O. The first-order valence-corrected chi connectivity index (χ1v) is 6.15. The van der Waals surface area contributed by atoms with Crippen LogP contribution >= 0.6 is 0 Å². The predicted molar refractivity (Wildman–Crippen MR) is 74.5 cm³/mol. The van der Waals surface area contributed by atoms with Crippen LogP contribution in [0.4, 0.5) is 0 Å². The maximum Gasteiger partial charge on any atom is 0.251 e. The minimum absolute atomic E-state index is 0.424. The summed E-state index contributed by atoms with van der Waals surface area (Å²) in [5, 5.41) is 7.92. The summed E-state index contributed by atoms with van der Waals surface area (Å²) in [4.78, 5) is 8.20. The highest BCUT2D eigenvalue weighted by Crippen LogP contribution is 2.18. The summed E-state index contributed by atoms with van der Waals surface area (Å²) in [7, 11) is 0. The van der Waals surface area contributed by atoms with Crippen molar-refractivity contribution in [3.8, 4) is 11.4 Å². The van der Waals surface area contributed by atoms with Gasteiger partial charge in [0, 0.05) is 17.8 Å². The Kier molecular flexibility index (Phi) is 3.12. The van der Waals surface area contributed by atoms with Gasteiger partial charge in [-0.05, 0) is 26.0 Å². The van der Waals surface area contributed by atoms with E-state index < -0.39 is 0 Å². The number of hydrogen-bond donors (Lipinski definition) is 0. The van der Waals surface area contributed by atoms with E-state index in [1.54, 1.807) is 23.3 Å². The van der Waals surface area contributed by atoms with Crippen LogP contribution in [0.25, 0.3) is 23.7 Å². The van der Waals surface area contributed by atoms with Crippen molar-refractivity contribution < 1.29 is 4.52 Å². The number of aryl methyl sites for hydroxylation is 2. The highest BCUT2D eigenvalue weighted by atomic mass is 16.5. The molecule has 20 heavy (non-hydrogen) atoms. The summed E-state index contributed by atoms with van der Waals surface area (Å²) >= 11 is 0. The van der Waals surface area contributed by atoms with Gasteiger partial charge in [0.25, 0.3) is 5.89 Å². The molecule has 2 aromatic heterocycles. The molecule has 2 heterocycles. The van der Waals surface area contributed by atoms with E-state index in [0.29, 0.717) is 11.7 Å². The topological polar surface area (TPSA) is 69.6 Å². The van der Waals surface area contributed by atoms with Crippen molar-refractivity contribution >= 4 is 12.3 Å². The fraction of sp³-hybridized carbons (Fsp3) is 0.143. The third-order valence-corrected chi connectivity index (χ3v) is 2.74. The molecule has 0 saturated heterocycles. The Morgan fingerprint density at radius 1 is 1.10 bits per heavy atom. The van der Waals surface area contributed by atoms with Gasteiger partial charge in [-0.25, -0.2) is 9.67 Å². The molecule has 1 aromatic carbocycles. The van der Waals surface area contributed by atoms with Gasteiger partial charge in [0.2, 0.25) is 0 Å². The number of hydrogen-bond acceptors (Lipinski definition) is 5. The predicted octanol–water partition coefficient (Wildman–Crippen LogP) is 2.57. The maximum absolute atomic E-state index is 4.87. The maximum atomic E-state index is 4.87. The normalized spacial score (nSPS) is 11.3. The molecule has 0 amide bonds. The number of nitrogens with zero attached hydrogens (tertiary/aromatic N) is 5. The minimum Gasteiger partial charge on any atom is -0.335 e. The molecule has 3 rings (SSSR count). The van der Waals surface area contributed by atoms with Crippen LogP contribution in [-0.4, -0.2) is 24.9 Å². The van der Waals surface area contributed by atoms with Crippen molar-refractivity contribution in [2.45, 2.75) is 13.8 Å². The summed E-state index contributed by atoms with van der Waals surface area (Å²) in [6.45, 7) is 4.12. The fourth-order valence-electron chi connectivity index (χ4n) is 1.98. The largest absolute Gasteiger partial charge is 0.335 e. The zero-order valence-corrected chi connectivity index (χ0v) is 11.2. The second kappa shape index (κ2) is 5.08. The summed E-state index contributed by atoms with van der Waals surface area (Å²) in [6, 6.07) is 6.25. The summed E-state index contributed by atoms with van der Waals surface area (Å²) in [5.74, 6) is 1.11. The van der Waals surface area contributed by atoms with Gasteiger partial charge in [-0.3, -0.25) is 0 Å². The van der Waals surface area contributed by atoms with Crippen LogP contribution in [0.15, 0.2) is 35.4 Å². The van der Waals surface area contributed by atoms with E-state index in [1.165, 1.54) is 17.5 Å². The zero-order chi connectivity index (χ0) is 13.9. The Morgan fingerprint density at radius 3 is 2.60 bits per heavy atom. The average Bonchev–Trinajstić information content (AvgIpc) is 3.07. The quantitative estimate of drug-likeness (QED) is 0.729. The van der Waals surface area contributed by atoms with E-state index >= 15 is 0 Å². The van der Waals surface area contributed by atoms with E-state index in [4.69, 9.17) is 4.52 Å². The van der Waals surface area contributed by atoms with Gasteiger partial charge in [0.1, 0.15) is 6.33 Å². The zero-order valence-electron chi connectivity index (χ0n) is 11.2. The molecule has 0 N–H and O–H groups in total. The van der Waals surface area contributed by atoms with Gasteiger partial charge in [-0.15, -0.1) is 5.10 Å². The first-order chi connectivity index (χ1) is 9.70. The molecule has 0 spiro atoms. The van der Waals surface area contributed by atoms with Crippen LogP contribution in [-0.2, 0) is 0 Å². The minimum atomic E-state index is 0.424. The van der Waals surface area contributed by atoms with Crippen LogP contribution in [0.1, 0.15) is 17.0 Å². The Balaban J connectivity index is 1.86. The standard InChI is InChI=1S/C14H13N5O/c1-10-5-11(2)7-12(6-10)14-16-9-19(18-14)4-3-13-15-8-17-20-13/h3-9H,1-2H3/b4-3-. The van der Waals surface area contributed by atoms with Crippen LogP contribution in [0.2, 0.25) is 0 Å². The Bertz CT molecular complexity index is 723. The van der Waals surface area contributed by atoms with Crippen molar-refractivity contribution in [1.82, 2.24) is 24.9 Å². The molecule has 100 valence electrons. The van der Waals surface area contributed by atoms with Crippen molar-refractivity contribution in [2.24, 2.45) is 0 Å². The number of rotatable bonds is 3. The molecule has 3 aromatic rings. The van der Waals surface area contributed by atoms with Crippen molar-refractivity contribution in [3.05, 3.63) is 47.9 Å². The van der Waals surface area contributed by atoms with E-state index in [0.717, 1.165) is 5.56 Å². The number of benzene rings is 1. The fourth-order valence-corrected chi connectivity index (χ4v) is 1.98.